The number of thiazole rings is 1. The molecule has 10 heteroatoms. The Hall–Kier alpha value is -3.79. The van der Waals surface area contributed by atoms with Crippen LogP contribution in [0.2, 0.25) is 0 Å². The van der Waals surface area contributed by atoms with Crippen LogP contribution in [0.3, 0.4) is 0 Å². The third-order valence-electron chi connectivity index (χ3n) is 4.89. The number of hydrogen-bond acceptors (Lipinski definition) is 7. The van der Waals surface area contributed by atoms with Gasteiger partial charge in [0.15, 0.2) is 5.13 Å². The summed E-state index contributed by atoms with van der Waals surface area (Å²) >= 11 is 1.48. The van der Waals surface area contributed by atoms with Gasteiger partial charge in [-0.05, 0) is 24.1 Å². The number of rotatable bonds is 11. The van der Waals surface area contributed by atoms with Crippen LogP contribution >= 0.6 is 11.3 Å². The van der Waals surface area contributed by atoms with Gasteiger partial charge >= 0.3 is 5.97 Å². The minimum Gasteiger partial charge on any atom is -0.480 e. The molecule has 0 atom stereocenters. The number of carbonyl (C=O) groups is 2. The zero-order chi connectivity index (χ0) is 23.8. The fourth-order valence-electron chi connectivity index (χ4n) is 3.15. The lowest BCUT2D eigenvalue weighted by molar-refractivity contribution is -0.384. The number of carboxylic acid groups (broad SMARTS) is 1. The lowest BCUT2D eigenvalue weighted by Crippen LogP contribution is -2.29. The number of benzene rings is 2. The monoisotopic (exact) mass is 468 g/mol. The number of anilines is 1. The lowest BCUT2D eigenvalue weighted by Gasteiger charge is -2.22. The van der Waals surface area contributed by atoms with E-state index in [0.29, 0.717) is 23.4 Å². The molecule has 2 aromatic carbocycles. The third kappa shape index (κ3) is 6.59. The third-order valence-corrected chi connectivity index (χ3v) is 5.79. The van der Waals surface area contributed by atoms with E-state index in [9.17, 15) is 19.7 Å². The second kappa shape index (κ2) is 11.2. The van der Waals surface area contributed by atoms with Crippen molar-refractivity contribution in [1.82, 2.24) is 10.3 Å². The molecule has 0 bridgehead atoms. The number of nitrogens with zero attached hydrogens (tertiary/aromatic N) is 3. The first-order valence-electron chi connectivity index (χ1n) is 10.4. The summed E-state index contributed by atoms with van der Waals surface area (Å²) in [5, 5.41) is 24.8. The van der Waals surface area contributed by atoms with Crippen LogP contribution in [0.25, 0.3) is 11.3 Å². The molecular weight excluding hydrogens is 444 g/mol. The van der Waals surface area contributed by atoms with Crippen LogP contribution < -0.4 is 10.2 Å². The van der Waals surface area contributed by atoms with Crippen molar-refractivity contribution in [2.75, 3.05) is 18.0 Å². The predicted molar refractivity (Wildman–Crippen MR) is 127 cm³/mol. The molecule has 0 saturated carbocycles. The first-order chi connectivity index (χ1) is 15.9. The Bertz CT molecular complexity index is 1130. The zero-order valence-electron chi connectivity index (χ0n) is 18.1. The first kappa shape index (κ1) is 23.9. The summed E-state index contributed by atoms with van der Waals surface area (Å²) in [5.74, 6) is -1.53. The summed E-state index contributed by atoms with van der Waals surface area (Å²) in [6.45, 7) is 3.06. The second-order valence-electron chi connectivity index (χ2n) is 7.37. The van der Waals surface area contributed by atoms with Gasteiger partial charge in [-0.1, -0.05) is 37.6 Å². The highest BCUT2D eigenvalue weighted by Gasteiger charge is 2.15. The number of aliphatic carboxylic acids is 1. The molecule has 172 valence electrons. The maximum absolute atomic E-state index is 12.0. The highest BCUT2D eigenvalue weighted by Crippen LogP contribution is 2.30. The number of non-ortho nitro benzene ring substituents is 1. The van der Waals surface area contributed by atoms with Gasteiger partial charge in [-0.25, -0.2) is 4.98 Å². The molecule has 1 amide bonds. The van der Waals surface area contributed by atoms with Gasteiger partial charge < -0.3 is 15.3 Å². The van der Waals surface area contributed by atoms with Gasteiger partial charge in [0.2, 0.25) is 0 Å². The van der Waals surface area contributed by atoms with Crippen LogP contribution in [0.15, 0.2) is 53.9 Å². The molecule has 0 fully saturated rings. The molecule has 1 heterocycles. The van der Waals surface area contributed by atoms with Gasteiger partial charge in [-0.3, -0.25) is 19.7 Å². The quantitative estimate of drug-likeness (QED) is 0.317. The van der Waals surface area contributed by atoms with Gasteiger partial charge in [-0.15, -0.1) is 11.3 Å². The van der Waals surface area contributed by atoms with Gasteiger partial charge in [0.25, 0.3) is 11.6 Å². The van der Waals surface area contributed by atoms with Crippen molar-refractivity contribution in [1.29, 1.82) is 0 Å². The molecule has 1 aromatic heterocycles. The number of carbonyl (C=O) groups excluding carboxylic acids is 1. The molecule has 0 aliphatic rings. The number of amides is 1. The Morgan fingerprint density at radius 3 is 2.64 bits per heavy atom. The van der Waals surface area contributed by atoms with Crippen molar-refractivity contribution >= 4 is 34.0 Å². The largest absolute Gasteiger partial charge is 0.480 e. The predicted octanol–water partition coefficient (Wildman–Crippen LogP) is 4.34. The number of nitrogens with one attached hydrogen (secondary N) is 1. The molecule has 9 nitrogen and oxygen atoms in total. The number of hydrogen-bond donors (Lipinski definition) is 2. The second-order valence-corrected chi connectivity index (χ2v) is 8.21. The van der Waals surface area contributed by atoms with Gasteiger partial charge in [0.05, 0.1) is 10.6 Å². The van der Waals surface area contributed by atoms with E-state index in [-0.39, 0.29) is 5.69 Å². The van der Waals surface area contributed by atoms with Crippen molar-refractivity contribution in [2.45, 2.75) is 26.3 Å². The molecule has 3 rings (SSSR count). The highest BCUT2D eigenvalue weighted by molar-refractivity contribution is 7.14. The minimum absolute atomic E-state index is 0.0253. The highest BCUT2D eigenvalue weighted by atomic mass is 32.1. The molecule has 2 N–H and O–H groups in total. The van der Waals surface area contributed by atoms with Crippen LogP contribution in [0.4, 0.5) is 10.8 Å². The Morgan fingerprint density at radius 2 is 1.97 bits per heavy atom. The normalized spacial score (nSPS) is 10.6. The lowest BCUT2D eigenvalue weighted by atomic mass is 10.1. The van der Waals surface area contributed by atoms with Crippen molar-refractivity contribution in [2.24, 2.45) is 0 Å². The summed E-state index contributed by atoms with van der Waals surface area (Å²) in [7, 11) is 0. The SMILES string of the molecule is CCCCN(Cc1ccc(C(=O)NCC(=O)O)cc1)c1nc(-c2cccc([N+](=O)[O-])c2)cs1. The number of unbranched alkanes of at least 4 members (excludes halogenated alkanes) is 1. The number of nitro benzene ring substituents is 1. The van der Waals surface area contributed by atoms with Crippen molar-refractivity contribution < 1.29 is 19.6 Å². The van der Waals surface area contributed by atoms with Gasteiger partial charge in [0.1, 0.15) is 6.54 Å². The summed E-state index contributed by atoms with van der Waals surface area (Å²) < 4.78 is 0. The van der Waals surface area contributed by atoms with E-state index < -0.39 is 23.3 Å². The fourth-order valence-corrected chi connectivity index (χ4v) is 4.01. The van der Waals surface area contributed by atoms with E-state index >= 15 is 0 Å². The maximum atomic E-state index is 12.0. The molecule has 0 aliphatic carbocycles. The molecule has 0 spiro atoms. The van der Waals surface area contributed by atoms with E-state index in [1.807, 2.05) is 17.5 Å². The van der Waals surface area contributed by atoms with E-state index in [2.05, 4.69) is 17.1 Å². The van der Waals surface area contributed by atoms with Gasteiger partial charge in [0, 0.05) is 41.7 Å². The van der Waals surface area contributed by atoms with Crippen LogP contribution in [0.5, 0.6) is 0 Å². The van der Waals surface area contributed by atoms with Crippen LogP contribution in [0, 0.1) is 10.1 Å². The van der Waals surface area contributed by atoms with E-state index in [4.69, 9.17) is 10.1 Å². The first-order valence-corrected chi connectivity index (χ1v) is 11.3. The summed E-state index contributed by atoms with van der Waals surface area (Å²) in [4.78, 5) is 40.2. The average Bonchev–Trinajstić information content (AvgIpc) is 3.31. The van der Waals surface area contributed by atoms with E-state index in [1.165, 1.54) is 23.5 Å². The Kier molecular flexibility index (Phi) is 8.09. The number of carboxylic acids is 1. The molecule has 3 aromatic rings. The minimum atomic E-state index is -1.10. The zero-order valence-corrected chi connectivity index (χ0v) is 18.9. The maximum Gasteiger partial charge on any atom is 0.322 e. The van der Waals surface area contributed by atoms with Crippen LogP contribution in [-0.4, -0.2) is 40.0 Å². The van der Waals surface area contributed by atoms with Crippen LogP contribution in [0.1, 0.15) is 35.7 Å². The summed E-state index contributed by atoms with van der Waals surface area (Å²) in [5.41, 5.74) is 2.78. The Labute approximate surface area is 194 Å². The van der Waals surface area contributed by atoms with E-state index in [1.54, 1.807) is 24.3 Å². The summed E-state index contributed by atoms with van der Waals surface area (Å²) in [6, 6.07) is 13.4. The molecule has 33 heavy (non-hydrogen) atoms. The summed E-state index contributed by atoms with van der Waals surface area (Å²) in [6.07, 6.45) is 1.99. The fraction of sp³-hybridized carbons (Fsp3) is 0.261. The molecule has 0 saturated heterocycles. The van der Waals surface area contributed by atoms with Crippen molar-refractivity contribution in [3.8, 4) is 11.3 Å². The molecular formula is C23H24N4O5S. The number of aromatic nitrogens is 1. The average molecular weight is 469 g/mol. The van der Waals surface area contributed by atoms with Crippen molar-refractivity contribution in [3.05, 3.63) is 75.2 Å². The molecule has 0 radical (unpaired) electrons. The van der Waals surface area contributed by atoms with E-state index in [0.717, 1.165) is 30.1 Å². The smallest absolute Gasteiger partial charge is 0.322 e. The molecule has 0 unspecified atom stereocenters. The Balaban J connectivity index is 1.75. The van der Waals surface area contributed by atoms with Crippen LogP contribution in [-0.2, 0) is 11.3 Å². The topological polar surface area (TPSA) is 126 Å². The van der Waals surface area contributed by atoms with Crippen molar-refractivity contribution in [3.63, 3.8) is 0 Å². The standard InChI is InChI=1S/C23H24N4O5S/c1-2-3-11-26(14-16-7-9-17(10-8-16)22(30)24-13-21(28)29)23-25-20(15-33-23)18-5-4-6-19(12-18)27(31)32/h4-10,12,15H,2-3,11,13-14H2,1H3,(H,24,30)(H,28,29). The number of nitro groups is 1. The molecule has 0 aliphatic heterocycles. The Morgan fingerprint density at radius 1 is 1.21 bits per heavy atom. The van der Waals surface area contributed by atoms with Gasteiger partial charge in [-0.2, -0.15) is 0 Å².